The van der Waals surface area contributed by atoms with Crippen LogP contribution in [-0.2, 0) is 11.3 Å². The van der Waals surface area contributed by atoms with Crippen LogP contribution < -0.4 is 5.32 Å². The summed E-state index contributed by atoms with van der Waals surface area (Å²) in [6, 6.07) is 9.05. The first kappa shape index (κ1) is 11.2. The second-order valence-electron chi connectivity index (χ2n) is 5.93. The molecule has 0 aromatic heterocycles. The molecule has 1 saturated heterocycles. The molecule has 2 nitrogen and oxygen atoms in total. The van der Waals surface area contributed by atoms with E-state index in [1.165, 1.54) is 24.0 Å². The van der Waals surface area contributed by atoms with Crippen LogP contribution in [0.25, 0.3) is 0 Å². The van der Waals surface area contributed by atoms with Gasteiger partial charge in [-0.25, -0.2) is 0 Å². The molecular formula is C15H21NO. The fraction of sp³-hybridized carbons (Fsp3) is 0.600. The van der Waals surface area contributed by atoms with Gasteiger partial charge < -0.3 is 10.1 Å². The van der Waals surface area contributed by atoms with Crippen LogP contribution in [0.4, 0.5) is 0 Å². The Kier molecular flexibility index (Phi) is 2.93. The summed E-state index contributed by atoms with van der Waals surface area (Å²) in [6.07, 6.45) is 2.76. The summed E-state index contributed by atoms with van der Waals surface area (Å²) in [5.41, 5.74) is 3.31. The second-order valence-corrected chi connectivity index (χ2v) is 5.93. The average Bonchev–Trinajstić information content (AvgIpc) is 3.11. The van der Waals surface area contributed by atoms with E-state index in [2.05, 4.69) is 36.5 Å². The average molecular weight is 231 g/mol. The van der Waals surface area contributed by atoms with E-state index in [1.54, 1.807) is 0 Å². The molecule has 1 saturated carbocycles. The maximum atomic E-state index is 5.26. The molecule has 1 N–H and O–H groups in total. The molecule has 1 aromatic carbocycles. The Balaban J connectivity index is 1.52. The SMILES string of the molecule is CC1(CNCc2cccc(C3CC3)c2)COC1. The van der Waals surface area contributed by atoms with Crippen LogP contribution in [0.15, 0.2) is 24.3 Å². The maximum Gasteiger partial charge on any atom is 0.0554 e. The Morgan fingerprint density at radius 2 is 2.18 bits per heavy atom. The van der Waals surface area contributed by atoms with Crippen molar-refractivity contribution in [2.45, 2.75) is 32.2 Å². The molecule has 2 aliphatic rings. The van der Waals surface area contributed by atoms with Gasteiger partial charge in [-0.3, -0.25) is 0 Å². The largest absolute Gasteiger partial charge is 0.380 e. The van der Waals surface area contributed by atoms with Crippen molar-refractivity contribution in [2.75, 3.05) is 19.8 Å². The Hall–Kier alpha value is -0.860. The van der Waals surface area contributed by atoms with Crippen molar-refractivity contribution in [2.24, 2.45) is 5.41 Å². The summed E-state index contributed by atoms with van der Waals surface area (Å²) in [5.74, 6) is 0.854. The summed E-state index contributed by atoms with van der Waals surface area (Å²) in [4.78, 5) is 0. The monoisotopic (exact) mass is 231 g/mol. The summed E-state index contributed by atoms with van der Waals surface area (Å²) in [5, 5.41) is 3.55. The second kappa shape index (κ2) is 4.43. The topological polar surface area (TPSA) is 21.3 Å². The maximum absolute atomic E-state index is 5.26. The molecule has 17 heavy (non-hydrogen) atoms. The normalized spacial score (nSPS) is 22.2. The molecule has 0 amide bonds. The minimum absolute atomic E-state index is 0.369. The Bertz CT molecular complexity index is 394. The molecule has 92 valence electrons. The lowest BCUT2D eigenvalue weighted by atomic mass is 9.89. The van der Waals surface area contributed by atoms with E-state index in [9.17, 15) is 0 Å². The van der Waals surface area contributed by atoms with E-state index >= 15 is 0 Å². The molecule has 1 aliphatic heterocycles. The zero-order valence-corrected chi connectivity index (χ0v) is 10.5. The fourth-order valence-corrected chi connectivity index (χ4v) is 2.43. The highest BCUT2D eigenvalue weighted by Gasteiger charge is 2.32. The van der Waals surface area contributed by atoms with Crippen molar-refractivity contribution >= 4 is 0 Å². The molecular weight excluding hydrogens is 210 g/mol. The van der Waals surface area contributed by atoms with Gasteiger partial charge >= 0.3 is 0 Å². The minimum atomic E-state index is 0.369. The van der Waals surface area contributed by atoms with Gasteiger partial charge in [0, 0.05) is 18.5 Å². The van der Waals surface area contributed by atoms with E-state index in [0.29, 0.717) is 5.41 Å². The molecule has 0 radical (unpaired) electrons. The summed E-state index contributed by atoms with van der Waals surface area (Å²) in [6.45, 7) is 6.13. The van der Waals surface area contributed by atoms with Crippen molar-refractivity contribution in [1.82, 2.24) is 5.32 Å². The summed E-state index contributed by atoms with van der Waals surface area (Å²) in [7, 11) is 0. The number of ether oxygens (including phenoxy) is 1. The molecule has 3 rings (SSSR count). The van der Waals surface area contributed by atoms with Gasteiger partial charge in [0.1, 0.15) is 0 Å². The number of hydrogen-bond acceptors (Lipinski definition) is 2. The van der Waals surface area contributed by atoms with Crippen LogP contribution in [0, 0.1) is 5.41 Å². The summed E-state index contributed by atoms with van der Waals surface area (Å²) < 4.78 is 5.26. The molecule has 0 spiro atoms. The first-order chi connectivity index (χ1) is 8.25. The first-order valence-corrected chi connectivity index (χ1v) is 6.63. The van der Waals surface area contributed by atoms with Crippen molar-refractivity contribution < 1.29 is 4.74 Å². The van der Waals surface area contributed by atoms with Crippen molar-refractivity contribution in [3.63, 3.8) is 0 Å². The lowest BCUT2D eigenvalue weighted by Gasteiger charge is -2.38. The van der Waals surface area contributed by atoms with Crippen LogP contribution in [0.2, 0.25) is 0 Å². The van der Waals surface area contributed by atoms with Gasteiger partial charge in [0.05, 0.1) is 13.2 Å². The van der Waals surface area contributed by atoms with E-state index in [1.807, 2.05) is 0 Å². The highest BCUT2D eigenvalue weighted by atomic mass is 16.5. The smallest absolute Gasteiger partial charge is 0.0554 e. The molecule has 0 atom stereocenters. The third-order valence-electron chi connectivity index (χ3n) is 3.78. The number of rotatable bonds is 5. The molecule has 0 bridgehead atoms. The van der Waals surface area contributed by atoms with Crippen molar-refractivity contribution in [1.29, 1.82) is 0 Å². The zero-order chi connectivity index (χ0) is 11.7. The number of benzene rings is 1. The highest BCUT2D eigenvalue weighted by molar-refractivity contribution is 5.29. The molecule has 1 heterocycles. The van der Waals surface area contributed by atoms with Crippen LogP contribution in [0.5, 0.6) is 0 Å². The van der Waals surface area contributed by atoms with Gasteiger partial charge in [-0.05, 0) is 29.9 Å². The number of hydrogen-bond donors (Lipinski definition) is 1. The van der Waals surface area contributed by atoms with Crippen LogP contribution >= 0.6 is 0 Å². The standard InChI is InChI=1S/C15H21NO/c1-15(10-17-11-15)9-16-8-12-3-2-4-14(7-12)13-5-6-13/h2-4,7,13,16H,5-6,8-11H2,1H3. The van der Waals surface area contributed by atoms with E-state index in [4.69, 9.17) is 4.74 Å². The quantitative estimate of drug-likeness (QED) is 0.841. The predicted octanol–water partition coefficient (Wildman–Crippen LogP) is 2.69. The molecule has 1 aliphatic carbocycles. The first-order valence-electron chi connectivity index (χ1n) is 6.63. The summed E-state index contributed by atoms with van der Waals surface area (Å²) >= 11 is 0. The van der Waals surface area contributed by atoms with Crippen LogP contribution in [0.3, 0.4) is 0 Å². The van der Waals surface area contributed by atoms with Gasteiger partial charge in [-0.1, -0.05) is 31.2 Å². The van der Waals surface area contributed by atoms with Crippen LogP contribution in [-0.4, -0.2) is 19.8 Å². The highest BCUT2D eigenvalue weighted by Crippen LogP contribution is 2.40. The molecule has 2 heteroatoms. The zero-order valence-electron chi connectivity index (χ0n) is 10.5. The fourth-order valence-electron chi connectivity index (χ4n) is 2.43. The minimum Gasteiger partial charge on any atom is -0.380 e. The third kappa shape index (κ3) is 2.70. The lowest BCUT2D eigenvalue weighted by molar-refractivity contribution is -0.0991. The van der Waals surface area contributed by atoms with E-state index in [0.717, 1.165) is 32.2 Å². The van der Waals surface area contributed by atoms with Crippen molar-refractivity contribution in [3.05, 3.63) is 35.4 Å². The van der Waals surface area contributed by atoms with Gasteiger partial charge in [-0.2, -0.15) is 0 Å². The van der Waals surface area contributed by atoms with Gasteiger partial charge in [0.15, 0.2) is 0 Å². The van der Waals surface area contributed by atoms with Crippen LogP contribution in [0.1, 0.15) is 36.8 Å². The molecule has 2 fully saturated rings. The predicted molar refractivity (Wildman–Crippen MR) is 69.0 cm³/mol. The Labute approximate surface area is 103 Å². The van der Waals surface area contributed by atoms with Crippen molar-refractivity contribution in [3.8, 4) is 0 Å². The molecule has 1 aromatic rings. The third-order valence-corrected chi connectivity index (χ3v) is 3.78. The lowest BCUT2D eigenvalue weighted by Crippen LogP contribution is -2.47. The van der Waals surface area contributed by atoms with E-state index < -0.39 is 0 Å². The van der Waals surface area contributed by atoms with Gasteiger partial charge in [0.25, 0.3) is 0 Å². The van der Waals surface area contributed by atoms with Gasteiger partial charge in [-0.15, -0.1) is 0 Å². The van der Waals surface area contributed by atoms with Gasteiger partial charge in [0.2, 0.25) is 0 Å². The Morgan fingerprint density at radius 1 is 1.35 bits per heavy atom. The van der Waals surface area contributed by atoms with E-state index in [-0.39, 0.29) is 0 Å². The Morgan fingerprint density at radius 3 is 2.82 bits per heavy atom. The molecule has 0 unspecified atom stereocenters. The number of nitrogens with one attached hydrogen (secondary N) is 1.